The second-order valence-electron chi connectivity index (χ2n) is 6.27. The Morgan fingerprint density at radius 2 is 2.05 bits per heavy atom. The normalized spacial score (nSPS) is 18.9. The molecule has 0 saturated carbocycles. The maximum atomic E-state index is 13.4. The number of halogens is 1. The number of ether oxygens (including phenoxy) is 1. The fourth-order valence-electron chi connectivity index (χ4n) is 2.65. The van der Waals surface area contributed by atoms with Gasteiger partial charge in [0.15, 0.2) is 11.6 Å². The maximum absolute atomic E-state index is 13.4. The van der Waals surface area contributed by atoms with Crippen molar-refractivity contribution in [3.63, 3.8) is 0 Å². The average Bonchev–Trinajstić information content (AvgIpc) is 2.66. The van der Waals surface area contributed by atoms with E-state index in [4.69, 9.17) is 4.74 Å². The van der Waals surface area contributed by atoms with Crippen molar-refractivity contribution in [3.05, 3.63) is 41.4 Å². The van der Waals surface area contributed by atoms with Crippen LogP contribution in [0.4, 0.5) is 4.39 Å². The van der Waals surface area contributed by atoms with Gasteiger partial charge in [-0.25, -0.2) is 4.39 Å². The zero-order valence-corrected chi connectivity index (χ0v) is 12.7. The minimum absolute atomic E-state index is 0.0709. The Morgan fingerprint density at radius 1 is 1.38 bits per heavy atom. The Kier molecular flexibility index (Phi) is 3.94. The lowest BCUT2D eigenvalue weighted by atomic mass is 9.85. The van der Waals surface area contributed by atoms with Crippen LogP contribution in [0.25, 0.3) is 0 Å². The van der Waals surface area contributed by atoms with Gasteiger partial charge in [0.25, 0.3) is 5.91 Å². The van der Waals surface area contributed by atoms with E-state index in [1.54, 1.807) is 17.0 Å². The van der Waals surface area contributed by atoms with Crippen LogP contribution >= 0.6 is 0 Å². The number of amides is 1. The molecule has 0 saturated heterocycles. The molecule has 0 aliphatic carbocycles. The molecule has 0 radical (unpaired) electrons. The molecule has 1 aromatic rings. The minimum Gasteiger partial charge on any atom is -0.510 e. The highest BCUT2D eigenvalue weighted by Gasteiger charge is 2.40. The largest absolute Gasteiger partial charge is 0.510 e. The molecule has 0 unspecified atom stereocenters. The summed E-state index contributed by atoms with van der Waals surface area (Å²) in [6.45, 7) is 6.16. The van der Waals surface area contributed by atoms with Gasteiger partial charge in [0.2, 0.25) is 0 Å². The van der Waals surface area contributed by atoms with Crippen molar-refractivity contribution in [3.8, 4) is 5.75 Å². The molecule has 0 spiro atoms. The molecule has 1 aliphatic rings. The van der Waals surface area contributed by atoms with E-state index in [2.05, 4.69) is 0 Å². The summed E-state index contributed by atoms with van der Waals surface area (Å²) in [4.78, 5) is 13.6. The Balaban J connectivity index is 2.28. The predicted octanol–water partition coefficient (Wildman–Crippen LogP) is 3.03. The summed E-state index contributed by atoms with van der Waals surface area (Å²) in [7, 11) is 1.40. The van der Waals surface area contributed by atoms with E-state index < -0.39 is 5.82 Å². The number of benzene rings is 1. The zero-order chi connectivity index (χ0) is 15.8. The van der Waals surface area contributed by atoms with E-state index in [1.807, 2.05) is 20.8 Å². The van der Waals surface area contributed by atoms with Gasteiger partial charge in [-0.05, 0) is 23.1 Å². The highest BCUT2D eigenvalue weighted by Crippen LogP contribution is 2.34. The fraction of sp³-hybridized carbons (Fsp3) is 0.438. The van der Waals surface area contributed by atoms with E-state index in [0.29, 0.717) is 0 Å². The molecular formula is C16H20FNO3. The lowest BCUT2D eigenvalue weighted by molar-refractivity contribution is -0.128. The summed E-state index contributed by atoms with van der Waals surface area (Å²) in [5, 5.41) is 10.0. The van der Waals surface area contributed by atoms with E-state index in [9.17, 15) is 14.3 Å². The van der Waals surface area contributed by atoms with Crippen LogP contribution in [0.1, 0.15) is 26.3 Å². The third kappa shape index (κ3) is 3.01. The van der Waals surface area contributed by atoms with Crippen LogP contribution in [0.5, 0.6) is 5.75 Å². The zero-order valence-electron chi connectivity index (χ0n) is 12.7. The van der Waals surface area contributed by atoms with Gasteiger partial charge in [-0.2, -0.15) is 0 Å². The summed E-state index contributed by atoms with van der Waals surface area (Å²) in [6.07, 6.45) is 1.25. The summed E-state index contributed by atoms with van der Waals surface area (Å²) >= 11 is 0. The van der Waals surface area contributed by atoms with Crippen molar-refractivity contribution in [2.45, 2.75) is 33.4 Å². The maximum Gasteiger partial charge on any atom is 0.250 e. The molecule has 1 N–H and O–H groups in total. The number of aliphatic hydroxyl groups excluding tert-OH is 1. The molecule has 1 aliphatic heterocycles. The number of aliphatic hydroxyl groups is 1. The van der Waals surface area contributed by atoms with E-state index in [0.717, 1.165) is 5.56 Å². The summed E-state index contributed by atoms with van der Waals surface area (Å²) < 4.78 is 18.4. The average molecular weight is 293 g/mol. The standard InChI is InChI=1S/C16H20FNO3/c1-16(2,3)15-12(19)8-14(20)18(15)9-10-5-6-11(17)13(7-10)21-4/h5-8,15,19H,9H2,1-4H3/t15-/m1/s1. The molecule has 1 heterocycles. The van der Waals surface area contributed by atoms with Crippen LogP contribution in [-0.4, -0.2) is 29.1 Å². The molecule has 2 rings (SSSR count). The lowest BCUT2D eigenvalue weighted by Crippen LogP contribution is -2.43. The Hall–Kier alpha value is -2.04. The quantitative estimate of drug-likeness (QED) is 0.932. The van der Waals surface area contributed by atoms with E-state index in [-0.39, 0.29) is 35.4 Å². The van der Waals surface area contributed by atoms with Crippen LogP contribution < -0.4 is 4.74 Å². The Labute approximate surface area is 123 Å². The number of methoxy groups -OCH3 is 1. The van der Waals surface area contributed by atoms with Gasteiger partial charge in [-0.1, -0.05) is 26.8 Å². The van der Waals surface area contributed by atoms with Gasteiger partial charge in [-0.3, -0.25) is 4.79 Å². The highest BCUT2D eigenvalue weighted by molar-refractivity contribution is 5.91. The van der Waals surface area contributed by atoms with Crippen LogP contribution in [0.3, 0.4) is 0 Å². The fourth-order valence-corrected chi connectivity index (χ4v) is 2.65. The lowest BCUT2D eigenvalue weighted by Gasteiger charge is -2.35. The van der Waals surface area contributed by atoms with Crippen molar-refractivity contribution in [2.24, 2.45) is 5.41 Å². The molecule has 4 nitrogen and oxygen atoms in total. The molecule has 0 bridgehead atoms. The molecule has 21 heavy (non-hydrogen) atoms. The van der Waals surface area contributed by atoms with Gasteiger partial charge in [-0.15, -0.1) is 0 Å². The van der Waals surface area contributed by atoms with Crippen molar-refractivity contribution in [1.82, 2.24) is 4.90 Å². The third-order valence-electron chi connectivity index (χ3n) is 3.54. The van der Waals surface area contributed by atoms with Gasteiger partial charge in [0.1, 0.15) is 5.76 Å². The topological polar surface area (TPSA) is 49.8 Å². The first-order valence-electron chi connectivity index (χ1n) is 6.77. The Morgan fingerprint density at radius 3 is 2.62 bits per heavy atom. The van der Waals surface area contributed by atoms with E-state index >= 15 is 0 Å². The van der Waals surface area contributed by atoms with Crippen LogP contribution in [0.15, 0.2) is 30.0 Å². The molecule has 1 amide bonds. The van der Waals surface area contributed by atoms with Gasteiger partial charge >= 0.3 is 0 Å². The van der Waals surface area contributed by atoms with Crippen LogP contribution in [0.2, 0.25) is 0 Å². The molecular weight excluding hydrogens is 273 g/mol. The highest BCUT2D eigenvalue weighted by atomic mass is 19.1. The minimum atomic E-state index is -0.442. The van der Waals surface area contributed by atoms with Gasteiger partial charge in [0, 0.05) is 12.6 Å². The Bertz CT molecular complexity index is 590. The molecule has 114 valence electrons. The summed E-state index contributed by atoms with van der Waals surface area (Å²) in [6, 6.07) is 4.10. The third-order valence-corrected chi connectivity index (χ3v) is 3.54. The number of carbonyl (C=O) groups is 1. The van der Waals surface area contributed by atoms with Crippen molar-refractivity contribution in [2.75, 3.05) is 7.11 Å². The molecule has 5 heteroatoms. The predicted molar refractivity (Wildman–Crippen MR) is 77.5 cm³/mol. The first-order valence-corrected chi connectivity index (χ1v) is 6.77. The van der Waals surface area contributed by atoms with Crippen molar-refractivity contribution < 1.29 is 19.0 Å². The molecule has 0 fully saturated rings. The second-order valence-corrected chi connectivity index (χ2v) is 6.27. The van der Waals surface area contributed by atoms with Crippen LogP contribution in [0, 0.1) is 11.2 Å². The number of hydrogen-bond donors (Lipinski definition) is 1. The SMILES string of the molecule is COc1cc(CN2C(=O)C=C(O)[C@@H]2C(C)(C)C)ccc1F. The summed E-state index contributed by atoms with van der Waals surface area (Å²) in [5.41, 5.74) is 0.454. The number of carbonyl (C=O) groups excluding carboxylic acids is 1. The van der Waals surface area contributed by atoms with Crippen LogP contribution in [-0.2, 0) is 11.3 Å². The van der Waals surface area contributed by atoms with Gasteiger partial charge in [0.05, 0.1) is 13.2 Å². The smallest absolute Gasteiger partial charge is 0.250 e. The van der Waals surface area contributed by atoms with Crippen molar-refractivity contribution >= 4 is 5.91 Å². The molecule has 1 aromatic carbocycles. The van der Waals surface area contributed by atoms with E-state index in [1.165, 1.54) is 19.3 Å². The second kappa shape index (κ2) is 5.39. The first-order chi connectivity index (χ1) is 9.74. The number of nitrogens with zero attached hydrogens (tertiary/aromatic N) is 1. The van der Waals surface area contributed by atoms with Gasteiger partial charge < -0.3 is 14.7 Å². The summed E-state index contributed by atoms with van der Waals surface area (Å²) in [5.74, 6) is -0.469. The molecule has 0 aromatic heterocycles. The number of hydrogen-bond acceptors (Lipinski definition) is 3. The monoisotopic (exact) mass is 293 g/mol. The number of rotatable bonds is 3. The first kappa shape index (κ1) is 15.4. The molecule has 1 atom stereocenters. The van der Waals surface area contributed by atoms with Crippen molar-refractivity contribution in [1.29, 1.82) is 0 Å².